The van der Waals surface area contributed by atoms with Gasteiger partial charge in [-0.2, -0.15) is 0 Å². The smallest absolute Gasteiger partial charge is 0.0680 e. The lowest BCUT2D eigenvalue weighted by molar-refractivity contribution is 0.148. The van der Waals surface area contributed by atoms with Crippen LogP contribution in [0.2, 0.25) is 0 Å². The maximum Gasteiger partial charge on any atom is 0.0680 e. The molecule has 0 spiro atoms. The molecule has 0 bridgehead atoms. The van der Waals surface area contributed by atoms with Crippen LogP contribution in [0.1, 0.15) is 51.5 Å². The van der Waals surface area contributed by atoms with Gasteiger partial charge < -0.3 is 9.72 Å². The first kappa shape index (κ1) is 23.3. The highest BCUT2D eigenvalue weighted by molar-refractivity contribution is 5.87. The third-order valence-corrected chi connectivity index (χ3v) is 7.16. The summed E-state index contributed by atoms with van der Waals surface area (Å²) >= 11 is 0. The van der Waals surface area contributed by atoms with E-state index in [9.17, 15) is 0 Å². The second-order valence-corrected chi connectivity index (χ2v) is 9.71. The molecule has 2 aliphatic carbocycles. The van der Waals surface area contributed by atoms with Gasteiger partial charge in [-0.15, -0.1) is 0 Å². The third-order valence-electron chi connectivity index (χ3n) is 7.16. The molecule has 1 N–H and O–H groups in total. The van der Waals surface area contributed by atoms with Gasteiger partial charge in [0.2, 0.25) is 0 Å². The lowest BCUT2D eigenvalue weighted by Crippen LogP contribution is -2.16. The molecule has 0 amide bonds. The van der Waals surface area contributed by atoms with Crippen molar-refractivity contribution in [3.05, 3.63) is 88.1 Å². The average Bonchev–Trinajstić information content (AvgIpc) is 3.06. The molecule has 1 saturated carbocycles. The zero-order valence-electron chi connectivity index (χ0n) is 20.3. The quantitative estimate of drug-likeness (QED) is 0.364. The van der Waals surface area contributed by atoms with Crippen molar-refractivity contribution < 1.29 is 4.74 Å². The lowest BCUT2D eigenvalue weighted by Gasteiger charge is -2.30. The summed E-state index contributed by atoms with van der Waals surface area (Å²) in [5, 5.41) is 4.19. The van der Waals surface area contributed by atoms with Gasteiger partial charge in [-0.25, -0.2) is 0 Å². The highest BCUT2D eigenvalue weighted by Crippen LogP contribution is 2.40. The molecular weight excluding hydrogens is 402 g/mol. The van der Waals surface area contributed by atoms with Crippen LogP contribution in [0.25, 0.3) is 29.5 Å². The molecule has 1 aromatic heterocycles. The van der Waals surface area contributed by atoms with Crippen LogP contribution in [-0.4, -0.2) is 18.2 Å². The van der Waals surface area contributed by atoms with Crippen LogP contribution >= 0.6 is 0 Å². The minimum Gasteiger partial charge on any atom is -0.377 e. The molecule has 2 atom stereocenters. The normalized spacial score (nSPS) is 19.9. The van der Waals surface area contributed by atoms with Crippen LogP contribution in [0.4, 0.5) is 0 Å². The third kappa shape index (κ3) is 5.07. The summed E-state index contributed by atoms with van der Waals surface area (Å²) in [4.78, 5) is 3.25. The Kier molecular flexibility index (Phi) is 7.05. The van der Waals surface area contributed by atoms with E-state index in [4.69, 9.17) is 4.74 Å². The Bertz CT molecular complexity index is 1270. The molecule has 172 valence electrons. The first-order valence-corrected chi connectivity index (χ1v) is 12.2. The van der Waals surface area contributed by atoms with Crippen LogP contribution in [0.15, 0.2) is 71.9 Å². The Balaban J connectivity index is 1.27. The molecule has 2 unspecified atom stereocenters. The van der Waals surface area contributed by atoms with E-state index in [1.54, 1.807) is 0 Å². The van der Waals surface area contributed by atoms with Crippen LogP contribution < -0.4 is 10.7 Å². The first-order chi connectivity index (χ1) is 15.9. The number of fused-ring (bicyclic) bond motifs is 2. The molecule has 0 aliphatic heterocycles. The van der Waals surface area contributed by atoms with Gasteiger partial charge in [0.1, 0.15) is 0 Å². The number of ether oxygens (including phenoxy) is 1. The predicted octanol–water partition coefficient (Wildman–Crippen LogP) is 6.60. The molecule has 2 aromatic rings. The highest BCUT2D eigenvalue weighted by Gasteiger charge is 2.24. The molecule has 1 fully saturated rings. The van der Waals surface area contributed by atoms with Crippen molar-refractivity contribution in [1.82, 2.24) is 4.98 Å². The van der Waals surface area contributed by atoms with E-state index >= 15 is 0 Å². The Morgan fingerprint density at radius 2 is 1.97 bits per heavy atom. The van der Waals surface area contributed by atoms with Gasteiger partial charge in [0.15, 0.2) is 0 Å². The van der Waals surface area contributed by atoms with E-state index < -0.39 is 0 Å². The molecule has 1 aromatic carbocycles. The van der Waals surface area contributed by atoms with E-state index in [1.165, 1.54) is 33.4 Å². The van der Waals surface area contributed by atoms with Crippen LogP contribution in [-0.2, 0) is 4.74 Å². The van der Waals surface area contributed by atoms with Gasteiger partial charge in [-0.05, 0) is 78.9 Å². The number of hydrogen-bond donors (Lipinski definition) is 1. The standard InChI is InChI=1S/C31H37NO/c1-7-28(26-11-13-30-23(5)32-24(6)31(30)18-26)21(3)9-8-14-33-19-25-10-12-29-22(4)15-20(2)16-27(29)17-25/h7,11-13,17-18,21,27,32H,2,4-6,8-10,14-16,19H2,1,3H3/b28-7-. The molecule has 1 heterocycles. The number of aromatic amines is 1. The van der Waals surface area contributed by atoms with Gasteiger partial charge >= 0.3 is 0 Å². The summed E-state index contributed by atoms with van der Waals surface area (Å²) in [5.74, 6) is 0.931. The summed E-state index contributed by atoms with van der Waals surface area (Å²) in [6.45, 7) is 22.6. The Hall–Kier alpha value is -2.84. The van der Waals surface area contributed by atoms with E-state index in [1.807, 2.05) is 0 Å². The number of benzene rings is 1. The molecule has 2 aliphatic rings. The fourth-order valence-corrected chi connectivity index (χ4v) is 5.44. The Morgan fingerprint density at radius 3 is 2.76 bits per heavy atom. The van der Waals surface area contributed by atoms with E-state index in [-0.39, 0.29) is 0 Å². The van der Waals surface area contributed by atoms with Crippen molar-refractivity contribution in [3.8, 4) is 0 Å². The second kappa shape index (κ2) is 9.97. The van der Waals surface area contributed by atoms with Crippen molar-refractivity contribution in [2.45, 2.75) is 46.0 Å². The molecule has 2 nitrogen and oxygen atoms in total. The van der Waals surface area contributed by atoms with Gasteiger partial charge in [-0.1, -0.05) is 69.2 Å². The summed E-state index contributed by atoms with van der Waals surface area (Å²) in [6.07, 6.45) is 12.2. The summed E-state index contributed by atoms with van der Waals surface area (Å²) < 4.78 is 6.07. The molecule has 2 heteroatoms. The number of hydrogen-bond acceptors (Lipinski definition) is 1. The van der Waals surface area contributed by atoms with Crippen LogP contribution in [0.5, 0.6) is 0 Å². The van der Waals surface area contributed by atoms with Crippen molar-refractivity contribution in [3.63, 3.8) is 0 Å². The van der Waals surface area contributed by atoms with Crippen molar-refractivity contribution in [1.29, 1.82) is 0 Å². The molecule has 33 heavy (non-hydrogen) atoms. The van der Waals surface area contributed by atoms with Crippen molar-refractivity contribution in [2.24, 2.45) is 11.8 Å². The minimum absolute atomic E-state index is 0.458. The van der Waals surface area contributed by atoms with E-state index in [0.717, 1.165) is 66.8 Å². The fourth-order valence-electron chi connectivity index (χ4n) is 5.44. The Labute approximate surface area is 198 Å². The second-order valence-electron chi connectivity index (χ2n) is 9.71. The average molecular weight is 440 g/mol. The number of aromatic nitrogens is 1. The molecular formula is C31H37NO. The maximum absolute atomic E-state index is 6.07. The number of H-pyrrole nitrogens is 1. The molecule has 0 saturated heterocycles. The predicted molar refractivity (Wildman–Crippen MR) is 143 cm³/mol. The van der Waals surface area contributed by atoms with Crippen molar-refractivity contribution in [2.75, 3.05) is 13.2 Å². The van der Waals surface area contributed by atoms with E-state index in [0.29, 0.717) is 11.8 Å². The SMILES string of the molecule is C=C1CC(=C)C2=CCC(COCCCC(C)/C(=C/C)c3ccc4c(=C)[nH]c(=C)c4c3)=CC2C1. The summed E-state index contributed by atoms with van der Waals surface area (Å²) in [5.41, 5.74) is 8.01. The maximum atomic E-state index is 6.07. The van der Waals surface area contributed by atoms with Gasteiger partial charge in [0, 0.05) is 34.0 Å². The molecule has 4 rings (SSSR count). The monoisotopic (exact) mass is 439 g/mol. The zero-order chi connectivity index (χ0) is 23.5. The van der Waals surface area contributed by atoms with Crippen LogP contribution in [0, 0.1) is 11.8 Å². The van der Waals surface area contributed by atoms with Crippen LogP contribution in [0.3, 0.4) is 0 Å². The lowest BCUT2D eigenvalue weighted by atomic mass is 9.75. The van der Waals surface area contributed by atoms with Crippen molar-refractivity contribution >= 4 is 29.5 Å². The zero-order valence-corrected chi connectivity index (χ0v) is 20.3. The first-order valence-electron chi connectivity index (χ1n) is 12.2. The summed E-state index contributed by atoms with van der Waals surface area (Å²) in [6, 6.07) is 6.61. The molecule has 0 radical (unpaired) electrons. The fraction of sp³-hybridized carbons (Fsp3) is 0.355. The number of nitrogens with one attached hydrogen (secondary N) is 1. The van der Waals surface area contributed by atoms with Gasteiger partial charge in [-0.3, -0.25) is 0 Å². The summed E-state index contributed by atoms with van der Waals surface area (Å²) in [7, 11) is 0. The topological polar surface area (TPSA) is 25.0 Å². The van der Waals surface area contributed by atoms with E-state index in [2.05, 4.69) is 81.6 Å². The van der Waals surface area contributed by atoms with Gasteiger partial charge in [0.05, 0.1) is 6.61 Å². The highest BCUT2D eigenvalue weighted by atomic mass is 16.5. The largest absolute Gasteiger partial charge is 0.377 e. The number of rotatable bonds is 8. The number of allylic oxidation sites excluding steroid dienone is 7. The minimum atomic E-state index is 0.458. The Morgan fingerprint density at radius 1 is 1.18 bits per heavy atom. The van der Waals surface area contributed by atoms with Gasteiger partial charge in [0.25, 0.3) is 0 Å².